The number of carbonyl (C=O) groups excluding carboxylic acids is 1. The van der Waals surface area contributed by atoms with Crippen LogP contribution in [0.15, 0.2) is 42.5 Å². The van der Waals surface area contributed by atoms with Crippen LogP contribution in [-0.4, -0.2) is 30.1 Å². The Morgan fingerprint density at radius 1 is 1.20 bits per heavy atom. The number of ether oxygens (including phenoxy) is 2. The number of hydrogen-bond acceptors (Lipinski definition) is 4. The Morgan fingerprint density at radius 3 is 2.60 bits per heavy atom. The summed E-state index contributed by atoms with van der Waals surface area (Å²) < 4.78 is 45.5. The fraction of sp³-hybridized carbons (Fsp3) is 0.235. The predicted octanol–water partition coefficient (Wildman–Crippen LogP) is 3.43. The second kappa shape index (κ2) is 8.57. The lowest BCUT2D eigenvalue weighted by Crippen LogP contribution is -2.13. The van der Waals surface area contributed by atoms with Gasteiger partial charge in [-0.25, -0.2) is 0 Å². The number of methoxy groups -OCH3 is 1. The fourth-order valence-corrected chi connectivity index (χ4v) is 2.83. The zero-order valence-electron chi connectivity index (χ0n) is 13.6. The third-order valence-electron chi connectivity index (χ3n) is 3.20. The molecule has 1 unspecified atom stereocenters. The van der Waals surface area contributed by atoms with Crippen molar-refractivity contribution < 1.29 is 27.3 Å². The van der Waals surface area contributed by atoms with Gasteiger partial charge in [0.05, 0.1) is 7.11 Å². The van der Waals surface area contributed by atoms with E-state index in [1.54, 1.807) is 30.5 Å². The Kier molecular flexibility index (Phi) is 6.46. The number of hydrogen-bond donors (Lipinski definition) is 1. The summed E-state index contributed by atoms with van der Waals surface area (Å²) in [4.78, 5) is 12.3. The van der Waals surface area contributed by atoms with Gasteiger partial charge in [-0.15, -0.1) is 0 Å². The van der Waals surface area contributed by atoms with Crippen LogP contribution in [0, 0.1) is 0 Å². The maximum absolute atomic E-state index is 12.5. The molecule has 0 spiro atoms. The zero-order valence-corrected chi connectivity index (χ0v) is 14.4. The van der Waals surface area contributed by atoms with Crippen LogP contribution in [0.1, 0.15) is 15.9 Å². The highest BCUT2D eigenvalue weighted by molar-refractivity contribution is 7.83. The number of rotatable bonds is 7. The standard InChI is InChI=1S/C17H17F2NO4S/c1-23-14-7-6-13(9-15(14)24-17(18)19)20-16(21)12-5-3-4-11(8-12)10-25(2)22/h3-9,17H,10H2,1-2H3,(H,20,21). The van der Waals surface area contributed by atoms with E-state index < -0.39 is 23.3 Å². The normalized spacial score (nSPS) is 11.9. The SMILES string of the molecule is COc1ccc(NC(=O)c2cccc(CS(C)=O)c2)cc1OC(F)F. The molecular formula is C17H17F2NO4S. The molecule has 0 saturated heterocycles. The van der Waals surface area contributed by atoms with Crippen LogP contribution in [0.25, 0.3) is 0 Å². The molecule has 2 aromatic rings. The molecule has 0 aliphatic carbocycles. The molecule has 1 atom stereocenters. The summed E-state index contributed by atoms with van der Waals surface area (Å²) in [7, 11) is 0.307. The summed E-state index contributed by atoms with van der Waals surface area (Å²) in [5, 5.41) is 2.61. The Morgan fingerprint density at radius 2 is 1.96 bits per heavy atom. The first-order valence-corrected chi connectivity index (χ1v) is 8.95. The minimum atomic E-state index is -3.01. The molecule has 0 radical (unpaired) electrons. The lowest BCUT2D eigenvalue weighted by molar-refractivity contribution is -0.0511. The molecule has 134 valence electrons. The van der Waals surface area contributed by atoms with Gasteiger partial charge < -0.3 is 14.8 Å². The van der Waals surface area contributed by atoms with Gasteiger partial charge in [0.15, 0.2) is 11.5 Å². The summed E-state index contributed by atoms with van der Waals surface area (Å²) in [5.74, 6) is -0.121. The Hall–Kier alpha value is -2.48. The van der Waals surface area contributed by atoms with Gasteiger partial charge in [0.2, 0.25) is 0 Å². The fourth-order valence-electron chi connectivity index (χ4n) is 2.18. The molecule has 0 aliphatic heterocycles. The number of carbonyl (C=O) groups is 1. The molecular weight excluding hydrogens is 352 g/mol. The van der Waals surface area contributed by atoms with E-state index in [1.807, 2.05) is 0 Å². The van der Waals surface area contributed by atoms with Crippen LogP contribution in [0.3, 0.4) is 0 Å². The maximum atomic E-state index is 12.5. The highest BCUT2D eigenvalue weighted by Gasteiger charge is 2.13. The van der Waals surface area contributed by atoms with Crippen molar-refractivity contribution in [2.75, 3.05) is 18.7 Å². The van der Waals surface area contributed by atoms with Gasteiger partial charge in [-0.3, -0.25) is 9.00 Å². The predicted molar refractivity (Wildman–Crippen MR) is 91.8 cm³/mol. The summed E-state index contributed by atoms with van der Waals surface area (Å²) in [6, 6.07) is 10.9. The molecule has 25 heavy (non-hydrogen) atoms. The van der Waals surface area contributed by atoms with Crippen LogP contribution in [0.5, 0.6) is 11.5 Å². The van der Waals surface area contributed by atoms with Gasteiger partial charge in [0.25, 0.3) is 5.91 Å². The van der Waals surface area contributed by atoms with Gasteiger partial charge in [-0.05, 0) is 29.8 Å². The van der Waals surface area contributed by atoms with Crippen molar-refractivity contribution in [2.45, 2.75) is 12.4 Å². The van der Waals surface area contributed by atoms with E-state index in [0.717, 1.165) is 5.56 Å². The van der Waals surface area contributed by atoms with E-state index in [2.05, 4.69) is 10.1 Å². The Labute approximate surface area is 146 Å². The van der Waals surface area contributed by atoms with Crippen LogP contribution in [-0.2, 0) is 16.6 Å². The molecule has 0 heterocycles. The van der Waals surface area contributed by atoms with Crippen molar-refractivity contribution in [3.63, 3.8) is 0 Å². The second-order valence-electron chi connectivity index (χ2n) is 5.12. The first kappa shape index (κ1) is 18.9. The van der Waals surface area contributed by atoms with Crippen molar-refractivity contribution in [1.82, 2.24) is 0 Å². The first-order valence-electron chi connectivity index (χ1n) is 7.22. The third-order valence-corrected chi connectivity index (χ3v) is 3.94. The van der Waals surface area contributed by atoms with Gasteiger partial charge in [0, 0.05) is 40.1 Å². The highest BCUT2D eigenvalue weighted by atomic mass is 32.2. The number of amides is 1. The average Bonchev–Trinajstić information content (AvgIpc) is 2.54. The minimum Gasteiger partial charge on any atom is -0.493 e. The summed E-state index contributed by atoms with van der Waals surface area (Å²) >= 11 is 0. The number of alkyl halides is 2. The smallest absolute Gasteiger partial charge is 0.387 e. The van der Waals surface area contributed by atoms with Crippen molar-refractivity contribution in [1.29, 1.82) is 0 Å². The van der Waals surface area contributed by atoms with E-state index in [-0.39, 0.29) is 17.2 Å². The quantitative estimate of drug-likeness (QED) is 0.812. The highest BCUT2D eigenvalue weighted by Crippen LogP contribution is 2.31. The van der Waals surface area contributed by atoms with Gasteiger partial charge >= 0.3 is 6.61 Å². The topological polar surface area (TPSA) is 64.6 Å². The van der Waals surface area contributed by atoms with E-state index >= 15 is 0 Å². The van der Waals surface area contributed by atoms with Gasteiger partial charge in [-0.1, -0.05) is 12.1 Å². The molecule has 1 N–H and O–H groups in total. The monoisotopic (exact) mass is 369 g/mol. The van der Waals surface area contributed by atoms with E-state index in [4.69, 9.17) is 4.74 Å². The molecule has 2 rings (SSSR count). The summed E-state index contributed by atoms with van der Waals surface area (Å²) in [6.07, 6.45) is 1.58. The van der Waals surface area contributed by atoms with Crippen molar-refractivity contribution in [3.8, 4) is 11.5 Å². The van der Waals surface area contributed by atoms with Crippen LogP contribution < -0.4 is 14.8 Å². The number of nitrogens with one attached hydrogen (secondary N) is 1. The van der Waals surface area contributed by atoms with Crippen molar-refractivity contribution in [3.05, 3.63) is 53.6 Å². The Bertz CT molecular complexity index is 783. The zero-order chi connectivity index (χ0) is 18.4. The number of halogens is 2. The van der Waals surface area contributed by atoms with Crippen LogP contribution in [0.2, 0.25) is 0 Å². The van der Waals surface area contributed by atoms with Gasteiger partial charge in [-0.2, -0.15) is 8.78 Å². The van der Waals surface area contributed by atoms with E-state index in [1.165, 1.54) is 25.3 Å². The van der Waals surface area contributed by atoms with E-state index in [9.17, 15) is 17.8 Å². The van der Waals surface area contributed by atoms with E-state index in [0.29, 0.717) is 11.3 Å². The molecule has 0 saturated carbocycles. The largest absolute Gasteiger partial charge is 0.493 e. The maximum Gasteiger partial charge on any atom is 0.387 e. The van der Waals surface area contributed by atoms with Crippen LogP contribution >= 0.6 is 0 Å². The summed E-state index contributed by atoms with van der Waals surface area (Å²) in [5.41, 5.74) is 1.42. The first-order chi connectivity index (χ1) is 11.9. The summed E-state index contributed by atoms with van der Waals surface area (Å²) in [6.45, 7) is -3.01. The van der Waals surface area contributed by atoms with Crippen molar-refractivity contribution in [2.24, 2.45) is 0 Å². The molecule has 8 heteroatoms. The molecule has 0 aromatic heterocycles. The number of benzene rings is 2. The number of anilines is 1. The molecule has 1 amide bonds. The average molecular weight is 369 g/mol. The third kappa shape index (κ3) is 5.53. The Balaban J connectivity index is 2.18. The molecule has 0 fully saturated rings. The molecule has 5 nitrogen and oxygen atoms in total. The second-order valence-corrected chi connectivity index (χ2v) is 6.55. The molecule has 2 aromatic carbocycles. The molecule has 0 bridgehead atoms. The van der Waals surface area contributed by atoms with Gasteiger partial charge in [0.1, 0.15) is 0 Å². The minimum absolute atomic E-state index is 0.130. The lowest BCUT2D eigenvalue weighted by atomic mass is 10.1. The molecule has 0 aliphatic rings. The lowest BCUT2D eigenvalue weighted by Gasteiger charge is -2.12. The van der Waals surface area contributed by atoms with Crippen LogP contribution in [0.4, 0.5) is 14.5 Å². The van der Waals surface area contributed by atoms with Crippen molar-refractivity contribution >= 4 is 22.4 Å².